The van der Waals surface area contributed by atoms with E-state index >= 15 is 0 Å². The first kappa shape index (κ1) is 30.5. The zero-order valence-electron chi connectivity index (χ0n) is 21.8. The fourth-order valence-corrected chi connectivity index (χ4v) is 3.40. The molecule has 0 saturated heterocycles. The molecule has 0 aliphatic rings. The number of rotatable bonds is 11. The highest BCUT2D eigenvalue weighted by Crippen LogP contribution is 2.27. The number of nitrogens with one attached hydrogen (secondary N) is 2. The molecule has 0 aromatic heterocycles. The van der Waals surface area contributed by atoms with Crippen molar-refractivity contribution in [3.63, 3.8) is 0 Å². The summed E-state index contributed by atoms with van der Waals surface area (Å²) in [5.41, 5.74) is -0.0513. The van der Waals surface area contributed by atoms with Crippen LogP contribution in [0.5, 0.6) is 0 Å². The highest BCUT2D eigenvalue weighted by atomic mass is 16.6. The Morgan fingerprint density at radius 2 is 1.81 bits per heavy atom. The van der Waals surface area contributed by atoms with Gasteiger partial charge in [-0.2, -0.15) is 0 Å². The van der Waals surface area contributed by atoms with Gasteiger partial charge in [-0.1, -0.05) is 24.1 Å². The van der Waals surface area contributed by atoms with E-state index in [1.807, 2.05) is 0 Å². The molecule has 10 nitrogen and oxygen atoms in total. The topological polar surface area (TPSA) is 134 Å². The van der Waals surface area contributed by atoms with Crippen molar-refractivity contribution in [2.45, 2.75) is 71.7 Å². The van der Waals surface area contributed by atoms with Crippen molar-refractivity contribution in [1.29, 1.82) is 0 Å². The minimum Gasteiger partial charge on any atom is -0.466 e. The predicted molar refractivity (Wildman–Crippen MR) is 134 cm³/mol. The standard InChI is InChI=1S/C26H37N3O7/c1-8-18-12-10-11-13-19(18)22(23(32)27-15-14-21(31)35-9-2)29(17(3)4)24(33)20(16-30)28-25(34)36-26(5,6)7/h1,10-13,17,20,22,30H,9,14-16H2,2-7H3,(H,27,32)(H,28,34). The van der Waals surface area contributed by atoms with E-state index in [-0.39, 0.29) is 19.6 Å². The lowest BCUT2D eigenvalue weighted by Crippen LogP contribution is -2.56. The van der Waals surface area contributed by atoms with Gasteiger partial charge in [0.05, 0.1) is 19.6 Å². The van der Waals surface area contributed by atoms with Gasteiger partial charge in [0.2, 0.25) is 11.8 Å². The number of terminal acetylenes is 1. The Bertz CT molecular complexity index is 963. The van der Waals surface area contributed by atoms with E-state index in [0.717, 1.165) is 0 Å². The summed E-state index contributed by atoms with van der Waals surface area (Å²) >= 11 is 0. The molecule has 10 heteroatoms. The van der Waals surface area contributed by atoms with Gasteiger partial charge in [-0.25, -0.2) is 4.79 Å². The molecule has 0 aliphatic heterocycles. The molecule has 0 heterocycles. The van der Waals surface area contributed by atoms with Crippen LogP contribution in [-0.2, 0) is 23.9 Å². The number of hydrogen-bond donors (Lipinski definition) is 3. The maximum atomic E-state index is 13.6. The molecule has 3 amide bonds. The van der Waals surface area contributed by atoms with Gasteiger partial charge in [-0.15, -0.1) is 6.42 Å². The molecule has 1 rings (SSSR count). The van der Waals surface area contributed by atoms with Crippen molar-refractivity contribution in [1.82, 2.24) is 15.5 Å². The van der Waals surface area contributed by atoms with Crippen LogP contribution in [-0.4, -0.2) is 71.3 Å². The summed E-state index contributed by atoms with van der Waals surface area (Å²) in [4.78, 5) is 52.3. The van der Waals surface area contributed by atoms with Gasteiger partial charge in [0.25, 0.3) is 0 Å². The van der Waals surface area contributed by atoms with Crippen molar-refractivity contribution >= 4 is 23.9 Å². The van der Waals surface area contributed by atoms with Crippen LogP contribution >= 0.6 is 0 Å². The monoisotopic (exact) mass is 503 g/mol. The fraction of sp³-hybridized carbons (Fsp3) is 0.538. The fourth-order valence-electron chi connectivity index (χ4n) is 3.40. The molecule has 2 atom stereocenters. The summed E-state index contributed by atoms with van der Waals surface area (Å²) in [6, 6.07) is 3.52. The van der Waals surface area contributed by atoms with E-state index in [1.54, 1.807) is 65.8 Å². The SMILES string of the molecule is C#Cc1ccccc1C(C(=O)NCCC(=O)OCC)N(C(=O)C(CO)NC(=O)OC(C)(C)C)C(C)C. The first-order valence-electron chi connectivity index (χ1n) is 11.8. The summed E-state index contributed by atoms with van der Waals surface area (Å²) in [7, 11) is 0. The molecule has 36 heavy (non-hydrogen) atoms. The van der Waals surface area contributed by atoms with E-state index in [0.29, 0.717) is 11.1 Å². The molecule has 0 saturated carbocycles. The Morgan fingerprint density at radius 3 is 2.33 bits per heavy atom. The van der Waals surface area contributed by atoms with Crippen molar-refractivity contribution in [3.05, 3.63) is 35.4 Å². The highest BCUT2D eigenvalue weighted by molar-refractivity contribution is 5.93. The maximum absolute atomic E-state index is 13.6. The van der Waals surface area contributed by atoms with Crippen LogP contribution in [0.4, 0.5) is 4.79 Å². The number of aliphatic hydroxyl groups is 1. The molecule has 0 radical (unpaired) electrons. The van der Waals surface area contributed by atoms with Crippen molar-refractivity contribution < 1.29 is 33.8 Å². The predicted octanol–water partition coefficient (Wildman–Crippen LogP) is 1.90. The van der Waals surface area contributed by atoms with Gasteiger partial charge in [0.15, 0.2) is 0 Å². The molecule has 0 aliphatic carbocycles. The van der Waals surface area contributed by atoms with Crippen LogP contribution in [0, 0.1) is 12.3 Å². The number of aliphatic hydroxyl groups excluding tert-OH is 1. The van der Waals surface area contributed by atoms with Gasteiger partial charge in [0.1, 0.15) is 17.7 Å². The Kier molecular flexibility index (Phi) is 11.9. The number of ether oxygens (including phenoxy) is 2. The molecule has 0 bridgehead atoms. The maximum Gasteiger partial charge on any atom is 0.408 e. The normalized spacial score (nSPS) is 12.6. The number of esters is 1. The zero-order valence-corrected chi connectivity index (χ0v) is 21.8. The van der Waals surface area contributed by atoms with E-state index < -0.39 is 54.2 Å². The molecule has 1 aromatic carbocycles. The van der Waals surface area contributed by atoms with Gasteiger partial charge in [0, 0.05) is 18.2 Å². The second-order valence-corrected chi connectivity index (χ2v) is 9.20. The van der Waals surface area contributed by atoms with Crippen LogP contribution in [0.1, 0.15) is 65.1 Å². The van der Waals surface area contributed by atoms with Crippen LogP contribution in [0.25, 0.3) is 0 Å². The minimum absolute atomic E-state index is 0.0217. The largest absolute Gasteiger partial charge is 0.466 e. The third-order valence-corrected chi connectivity index (χ3v) is 4.85. The molecule has 198 valence electrons. The quantitative estimate of drug-likeness (QED) is 0.310. The minimum atomic E-state index is -1.38. The first-order valence-corrected chi connectivity index (χ1v) is 11.8. The van der Waals surface area contributed by atoms with E-state index in [2.05, 4.69) is 16.6 Å². The van der Waals surface area contributed by atoms with Gasteiger partial charge in [-0.3, -0.25) is 14.4 Å². The average molecular weight is 504 g/mol. The third kappa shape index (κ3) is 9.23. The number of hydrogen-bond acceptors (Lipinski definition) is 7. The summed E-state index contributed by atoms with van der Waals surface area (Å²) in [6.07, 6.45) is 4.72. The van der Waals surface area contributed by atoms with Gasteiger partial charge in [-0.05, 0) is 53.2 Å². The molecular formula is C26H37N3O7. The Hall–Kier alpha value is -3.58. The van der Waals surface area contributed by atoms with Crippen LogP contribution in [0.3, 0.4) is 0 Å². The molecular weight excluding hydrogens is 466 g/mol. The van der Waals surface area contributed by atoms with Crippen LogP contribution in [0.15, 0.2) is 24.3 Å². The van der Waals surface area contributed by atoms with Crippen LogP contribution < -0.4 is 10.6 Å². The Labute approximate surface area is 212 Å². The van der Waals surface area contributed by atoms with Crippen LogP contribution in [0.2, 0.25) is 0 Å². The van der Waals surface area contributed by atoms with Crippen molar-refractivity contribution in [3.8, 4) is 12.3 Å². The zero-order chi connectivity index (χ0) is 27.5. The molecule has 3 N–H and O–H groups in total. The number of carbonyl (C=O) groups is 4. The summed E-state index contributed by atoms with van der Waals surface area (Å²) in [5.74, 6) is 0.752. The van der Waals surface area contributed by atoms with Crippen molar-refractivity contribution in [2.75, 3.05) is 19.8 Å². The molecule has 1 aromatic rings. The second-order valence-electron chi connectivity index (χ2n) is 9.20. The average Bonchev–Trinajstić information content (AvgIpc) is 2.79. The lowest BCUT2D eigenvalue weighted by Gasteiger charge is -2.37. The number of benzene rings is 1. The molecule has 0 fully saturated rings. The lowest BCUT2D eigenvalue weighted by atomic mass is 9.96. The van der Waals surface area contributed by atoms with E-state index in [1.165, 1.54) is 4.90 Å². The number of alkyl carbamates (subject to hydrolysis) is 1. The second kappa shape index (κ2) is 14.1. The van der Waals surface area contributed by atoms with Gasteiger partial charge >= 0.3 is 12.1 Å². The van der Waals surface area contributed by atoms with E-state index in [4.69, 9.17) is 15.9 Å². The highest BCUT2D eigenvalue weighted by Gasteiger charge is 2.38. The van der Waals surface area contributed by atoms with E-state index in [9.17, 15) is 24.3 Å². The lowest BCUT2D eigenvalue weighted by molar-refractivity contribution is -0.146. The smallest absolute Gasteiger partial charge is 0.408 e. The first-order chi connectivity index (χ1) is 16.9. The summed E-state index contributed by atoms with van der Waals surface area (Å²) in [6.45, 7) is 9.52. The summed E-state index contributed by atoms with van der Waals surface area (Å²) < 4.78 is 10.1. The third-order valence-electron chi connectivity index (χ3n) is 4.85. The van der Waals surface area contributed by atoms with Crippen molar-refractivity contribution in [2.24, 2.45) is 0 Å². The number of amides is 3. The number of nitrogens with zero attached hydrogens (tertiary/aromatic N) is 1. The Morgan fingerprint density at radius 1 is 1.17 bits per heavy atom. The Balaban J connectivity index is 3.36. The summed E-state index contributed by atoms with van der Waals surface area (Å²) in [5, 5.41) is 14.9. The number of carbonyl (C=O) groups excluding carboxylic acids is 4. The molecule has 2 unspecified atom stereocenters. The molecule has 0 spiro atoms. The van der Waals surface area contributed by atoms with Gasteiger partial charge < -0.3 is 30.1 Å².